The van der Waals surface area contributed by atoms with E-state index in [1.165, 1.54) is 18.5 Å². The number of hydrogen-bond donors (Lipinski definition) is 0. The lowest BCUT2D eigenvalue weighted by Gasteiger charge is -2.04. The number of benzene rings is 1. The highest BCUT2D eigenvalue weighted by Crippen LogP contribution is 2.19. The Bertz CT molecular complexity index is 484. The smallest absolute Gasteiger partial charge is 0.152 e. The third-order valence-corrected chi connectivity index (χ3v) is 2.46. The second-order valence-corrected chi connectivity index (χ2v) is 3.52. The Balaban J connectivity index is 2.50. The normalized spacial score (nSPS) is 10.6. The second kappa shape index (κ2) is 4.16. The topological polar surface area (TPSA) is 30.7 Å². The molecule has 0 aliphatic heterocycles. The Morgan fingerprint density at radius 1 is 1.40 bits per heavy atom. The molecule has 0 spiro atoms. The van der Waals surface area contributed by atoms with Gasteiger partial charge in [0.05, 0.1) is 16.6 Å². The SMILES string of the molecule is Fc1cc(-n2cnnc2CCl)ccc1Cl. The predicted molar refractivity (Wildman–Crippen MR) is 55.9 cm³/mol. The maximum absolute atomic E-state index is 13.2. The van der Waals surface area contributed by atoms with E-state index in [9.17, 15) is 4.39 Å². The van der Waals surface area contributed by atoms with E-state index in [4.69, 9.17) is 23.2 Å². The van der Waals surface area contributed by atoms with Crippen molar-refractivity contribution >= 4 is 23.2 Å². The van der Waals surface area contributed by atoms with Gasteiger partial charge in [-0.1, -0.05) is 11.6 Å². The van der Waals surface area contributed by atoms with Crippen molar-refractivity contribution in [1.82, 2.24) is 14.8 Å². The number of rotatable bonds is 2. The van der Waals surface area contributed by atoms with Gasteiger partial charge >= 0.3 is 0 Å². The molecular weight excluding hydrogens is 240 g/mol. The molecule has 0 radical (unpaired) electrons. The molecule has 15 heavy (non-hydrogen) atoms. The van der Waals surface area contributed by atoms with Crippen molar-refractivity contribution in [3.8, 4) is 5.69 Å². The molecule has 2 rings (SSSR count). The van der Waals surface area contributed by atoms with E-state index in [1.807, 2.05) is 0 Å². The molecule has 0 atom stereocenters. The molecule has 78 valence electrons. The standard InChI is InChI=1S/C9H6Cl2FN3/c10-4-9-14-13-5-15(9)6-1-2-7(11)8(12)3-6/h1-3,5H,4H2. The summed E-state index contributed by atoms with van der Waals surface area (Å²) in [6.45, 7) is 0. The maximum Gasteiger partial charge on any atom is 0.152 e. The van der Waals surface area contributed by atoms with Gasteiger partial charge in [0.15, 0.2) is 5.82 Å². The highest BCUT2D eigenvalue weighted by Gasteiger charge is 2.07. The number of alkyl halides is 1. The fourth-order valence-corrected chi connectivity index (χ4v) is 1.50. The van der Waals surface area contributed by atoms with E-state index in [2.05, 4.69) is 10.2 Å². The van der Waals surface area contributed by atoms with Gasteiger partial charge in [0.25, 0.3) is 0 Å². The fraction of sp³-hybridized carbons (Fsp3) is 0.111. The highest BCUT2D eigenvalue weighted by atomic mass is 35.5. The van der Waals surface area contributed by atoms with Gasteiger partial charge in [-0.05, 0) is 18.2 Å². The van der Waals surface area contributed by atoms with Gasteiger partial charge in [0.1, 0.15) is 12.1 Å². The minimum absolute atomic E-state index is 0.0826. The zero-order chi connectivity index (χ0) is 10.8. The van der Waals surface area contributed by atoms with Crippen molar-refractivity contribution in [2.75, 3.05) is 0 Å². The summed E-state index contributed by atoms with van der Waals surface area (Å²) in [5, 5.41) is 7.57. The Hall–Kier alpha value is -1.13. The van der Waals surface area contributed by atoms with Crippen LogP contribution in [0.3, 0.4) is 0 Å². The fourth-order valence-electron chi connectivity index (χ4n) is 1.20. The van der Waals surface area contributed by atoms with Gasteiger partial charge in [-0.2, -0.15) is 0 Å². The average Bonchev–Trinajstić information content (AvgIpc) is 2.70. The molecule has 1 heterocycles. The third-order valence-electron chi connectivity index (χ3n) is 1.92. The van der Waals surface area contributed by atoms with E-state index in [0.717, 1.165) is 0 Å². The number of aromatic nitrogens is 3. The third kappa shape index (κ3) is 1.96. The summed E-state index contributed by atoms with van der Waals surface area (Å²) in [5.74, 6) is 0.284. The van der Waals surface area contributed by atoms with Crippen LogP contribution < -0.4 is 0 Å². The second-order valence-electron chi connectivity index (χ2n) is 2.85. The summed E-state index contributed by atoms with van der Waals surface area (Å²) in [4.78, 5) is 0. The van der Waals surface area contributed by atoms with E-state index >= 15 is 0 Å². The van der Waals surface area contributed by atoms with Crippen molar-refractivity contribution in [3.05, 3.63) is 41.2 Å². The Kier molecular flexibility index (Phi) is 2.88. The molecule has 0 N–H and O–H groups in total. The van der Waals surface area contributed by atoms with Crippen LogP contribution in [0.1, 0.15) is 5.82 Å². The first-order valence-corrected chi connectivity index (χ1v) is 5.04. The predicted octanol–water partition coefficient (Wildman–Crippen LogP) is 2.80. The zero-order valence-electron chi connectivity index (χ0n) is 7.49. The molecule has 0 saturated heterocycles. The molecule has 0 aliphatic carbocycles. The van der Waals surface area contributed by atoms with Crippen LogP contribution in [0.2, 0.25) is 5.02 Å². The van der Waals surface area contributed by atoms with Gasteiger partial charge in [-0.15, -0.1) is 21.8 Å². The first-order valence-electron chi connectivity index (χ1n) is 4.12. The summed E-state index contributed by atoms with van der Waals surface area (Å²) in [7, 11) is 0. The first-order chi connectivity index (χ1) is 7.22. The van der Waals surface area contributed by atoms with Crippen LogP contribution in [0.15, 0.2) is 24.5 Å². The van der Waals surface area contributed by atoms with Crippen molar-refractivity contribution in [3.63, 3.8) is 0 Å². The van der Waals surface area contributed by atoms with Crippen LogP contribution in [0.5, 0.6) is 0 Å². The average molecular weight is 246 g/mol. The monoisotopic (exact) mass is 245 g/mol. The summed E-state index contributed by atoms with van der Waals surface area (Å²) in [6.07, 6.45) is 1.47. The summed E-state index contributed by atoms with van der Waals surface area (Å²) in [6, 6.07) is 4.46. The van der Waals surface area contributed by atoms with Crippen LogP contribution >= 0.6 is 23.2 Å². The quantitative estimate of drug-likeness (QED) is 0.763. The summed E-state index contributed by atoms with van der Waals surface area (Å²) in [5.41, 5.74) is 0.595. The van der Waals surface area contributed by atoms with E-state index < -0.39 is 5.82 Å². The number of hydrogen-bond acceptors (Lipinski definition) is 2. The van der Waals surface area contributed by atoms with Crippen molar-refractivity contribution < 1.29 is 4.39 Å². The van der Waals surface area contributed by atoms with Crippen molar-refractivity contribution in [2.45, 2.75) is 5.88 Å². The minimum Gasteiger partial charge on any atom is -0.284 e. The molecule has 0 aliphatic rings. The molecule has 2 aromatic rings. The van der Waals surface area contributed by atoms with Crippen LogP contribution in [0, 0.1) is 5.82 Å². The van der Waals surface area contributed by atoms with E-state index in [1.54, 1.807) is 10.6 Å². The molecule has 1 aromatic heterocycles. The minimum atomic E-state index is -0.483. The van der Waals surface area contributed by atoms with Crippen LogP contribution in [-0.2, 0) is 5.88 Å². The summed E-state index contributed by atoms with van der Waals surface area (Å²) < 4.78 is 14.8. The highest BCUT2D eigenvalue weighted by molar-refractivity contribution is 6.30. The molecular formula is C9H6Cl2FN3. The molecule has 3 nitrogen and oxygen atoms in total. The van der Waals surface area contributed by atoms with Crippen LogP contribution in [-0.4, -0.2) is 14.8 Å². The first kappa shape index (κ1) is 10.4. The van der Waals surface area contributed by atoms with Crippen LogP contribution in [0.25, 0.3) is 5.69 Å². The molecule has 0 fully saturated rings. The van der Waals surface area contributed by atoms with E-state index in [0.29, 0.717) is 11.5 Å². The zero-order valence-corrected chi connectivity index (χ0v) is 9.00. The maximum atomic E-state index is 13.2. The lowest BCUT2D eigenvalue weighted by atomic mass is 10.3. The van der Waals surface area contributed by atoms with Crippen molar-refractivity contribution in [2.24, 2.45) is 0 Å². The molecule has 0 saturated carbocycles. The van der Waals surface area contributed by atoms with Gasteiger partial charge in [-0.3, -0.25) is 4.57 Å². The van der Waals surface area contributed by atoms with Crippen LogP contribution in [0.4, 0.5) is 4.39 Å². The molecule has 6 heteroatoms. The largest absolute Gasteiger partial charge is 0.284 e. The molecule has 0 amide bonds. The Labute approximate surface area is 95.5 Å². The van der Waals surface area contributed by atoms with Gasteiger partial charge in [0.2, 0.25) is 0 Å². The number of nitrogens with zero attached hydrogens (tertiary/aromatic N) is 3. The van der Waals surface area contributed by atoms with E-state index in [-0.39, 0.29) is 10.9 Å². The van der Waals surface area contributed by atoms with Gasteiger partial charge in [0, 0.05) is 0 Å². The van der Waals surface area contributed by atoms with Gasteiger partial charge in [-0.25, -0.2) is 4.39 Å². The number of halogens is 3. The lowest BCUT2D eigenvalue weighted by molar-refractivity contribution is 0.626. The Morgan fingerprint density at radius 3 is 2.87 bits per heavy atom. The van der Waals surface area contributed by atoms with Gasteiger partial charge < -0.3 is 0 Å². The summed E-state index contributed by atoms with van der Waals surface area (Å²) >= 11 is 11.2. The van der Waals surface area contributed by atoms with Crippen molar-refractivity contribution in [1.29, 1.82) is 0 Å². The molecule has 0 bridgehead atoms. The Morgan fingerprint density at radius 2 is 2.20 bits per heavy atom. The molecule has 1 aromatic carbocycles. The molecule has 0 unspecified atom stereocenters. The lowest BCUT2D eigenvalue weighted by Crippen LogP contribution is -1.98.